The van der Waals surface area contributed by atoms with Gasteiger partial charge in [-0.2, -0.15) is 0 Å². The van der Waals surface area contributed by atoms with Crippen molar-refractivity contribution in [3.05, 3.63) is 23.5 Å². The van der Waals surface area contributed by atoms with E-state index in [2.05, 4.69) is 5.32 Å². The highest BCUT2D eigenvalue weighted by Crippen LogP contribution is 2.36. The minimum atomic E-state index is -0.865. The van der Waals surface area contributed by atoms with Gasteiger partial charge < -0.3 is 20.3 Å². The molecule has 98 valence electrons. The standard InChI is InChI=1S/C12H14FNO4/c1-18-11-4-8(13)10(15)3-7(11)9-2-6(5-14-9)12(16)17/h3-4,6,9,14-15H,2,5H2,1H3,(H,16,17). The highest BCUT2D eigenvalue weighted by molar-refractivity contribution is 5.71. The molecular formula is C12H14FNO4. The van der Waals surface area contributed by atoms with Crippen LogP contribution in [0.4, 0.5) is 4.39 Å². The molecule has 1 fully saturated rings. The van der Waals surface area contributed by atoms with Gasteiger partial charge in [0.25, 0.3) is 0 Å². The van der Waals surface area contributed by atoms with E-state index in [1.54, 1.807) is 0 Å². The summed E-state index contributed by atoms with van der Waals surface area (Å²) < 4.78 is 18.2. The lowest BCUT2D eigenvalue weighted by Crippen LogP contribution is -2.17. The zero-order valence-corrected chi connectivity index (χ0v) is 9.81. The fraction of sp³-hybridized carbons (Fsp3) is 0.417. The highest BCUT2D eigenvalue weighted by atomic mass is 19.1. The Hall–Kier alpha value is -1.82. The minimum absolute atomic E-state index is 0.257. The smallest absolute Gasteiger partial charge is 0.307 e. The largest absolute Gasteiger partial charge is 0.505 e. The zero-order valence-electron chi connectivity index (χ0n) is 9.81. The number of hydrogen-bond acceptors (Lipinski definition) is 4. The Morgan fingerprint density at radius 1 is 1.56 bits per heavy atom. The van der Waals surface area contributed by atoms with Crippen molar-refractivity contribution in [3.8, 4) is 11.5 Å². The Morgan fingerprint density at radius 2 is 2.28 bits per heavy atom. The number of halogens is 1. The van der Waals surface area contributed by atoms with Gasteiger partial charge in [0, 0.05) is 24.2 Å². The molecule has 2 unspecified atom stereocenters. The minimum Gasteiger partial charge on any atom is -0.505 e. The Morgan fingerprint density at radius 3 is 2.83 bits per heavy atom. The van der Waals surface area contributed by atoms with Crippen molar-refractivity contribution >= 4 is 5.97 Å². The first-order valence-corrected chi connectivity index (χ1v) is 5.55. The van der Waals surface area contributed by atoms with Crippen LogP contribution in [0.2, 0.25) is 0 Å². The van der Waals surface area contributed by atoms with Crippen LogP contribution in [0.5, 0.6) is 11.5 Å². The van der Waals surface area contributed by atoms with Crippen molar-refractivity contribution in [2.75, 3.05) is 13.7 Å². The molecule has 1 saturated heterocycles. The van der Waals surface area contributed by atoms with Crippen molar-refractivity contribution < 1.29 is 24.1 Å². The van der Waals surface area contributed by atoms with E-state index in [4.69, 9.17) is 9.84 Å². The molecule has 1 heterocycles. The van der Waals surface area contributed by atoms with Crippen molar-refractivity contribution in [1.82, 2.24) is 5.32 Å². The second-order valence-electron chi connectivity index (χ2n) is 4.28. The third kappa shape index (κ3) is 2.24. The Bertz CT molecular complexity index is 477. The van der Waals surface area contributed by atoms with Gasteiger partial charge in [0.2, 0.25) is 0 Å². The number of aliphatic carboxylic acids is 1. The predicted octanol–water partition coefficient (Wildman–Crippen LogP) is 1.28. The van der Waals surface area contributed by atoms with E-state index in [9.17, 15) is 14.3 Å². The maximum absolute atomic E-state index is 13.2. The van der Waals surface area contributed by atoms with Crippen LogP contribution in [-0.4, -0.2) is 29.8 Å². The summed E-state index contributed by atoms with van der Waals surface area (Å²) in [6, 6.07) is 2.11. The van der Waals surface area contributed by atoms with Crippen LogP contribution in [0, 0.1) is 11.7 Å². The molecule has 1 aliphatic heterocycles. The number of carbonyl (C=O) groups is 1. The van der Waals surface area contributed by atoms with Gasteiger partial charge in [-0.05, 0) is 12.5 Å². The summed E-state index contributed by atoms with van der Waals surface area (Å²) in [7, 11) is 1.40. The van der Waals surface area contributed by atoms with E-state index in [-0.39, 0.29) is 6.04 Å². The molecule has 5 nitrogen and oxygen atoms in total. The molecule has 0 radical (unpaired) electrons. The van der Waals surface area contributed by atoms with Crippen LogP contribution < -0.4 is 10.1 Å². The summed E-state index contributed by atoms with van der Waals surface area (Å²) in [5.41, 5.74) is 0.570. The fourth-order valence-corrected chi connectivity index (χ4v) is 2.17. The third-order valence-electron chi connectivity index (χ3n) is 3.15. The second kappa shape index (κ2) is 4.81. The SMILES string of the molecule is COc1cc(F)c(O)cc1C1CC(C(=O)O)CN1. The lowest BCUT2D eigenvalue weighted by atomic mass is 9.99. The number of phenolic OH excluding ortho intramolecular Hbond substituents is 1. The van der Waals surface area contributed by atoms with E-state index in [1.165, 1.54) is 13.2 Å². The van der Waals surface area contributed by atoms with E-state index in [0.717, 1.165) is 6.07 Å². The fourth-order valence-electron chi connectivity index (χ4n) is 2.17. The topological polar surface area (TPSA) is 78.8 Å². The quantitative estimate of drug-likeness (QED) is 0.758. The molecule has 18 heavy (non-hydrogen) atoms. The van der Waals surface area contributed by atoms with Crippen LogP contribution in [-0.2, 0) is 4.79 Å². The van der Waals surface area contributed by atoms with Gasteiger partial charge in [-0.15, -0.1) is 0 Å². The lowest BCUT2D eigenvalue weighted by molar-refractivity contribution is -0.141. The normalized spacial score (nSPS) is 23.0. The van der Waals surface area contributed by atoms with Crippen molar-refractivity contribution in [1.29, 1.82) is 0 Å². The van der Waals surface area contributed by atoms with Crippen LogP contribution >= 0.6 is 0 Å². The average molecular weight is 255 g/mol. The van der Waals surface area contributed by atoms with E-state index < -0.39 is 23.5 Å². The second-order valence-corrected chi connectivity index (χ2v) is 4.28. The number of rotatable bonds is 3. The Labute approximate surface area is 103 Å². The summed E-state index contributed by atoms with van der Waals surface area (Å²) >= 11 is 0. The molecule has 0 spiro atoms. The van der Waals surface area contributed by atoms with Gasteiger partial charge in [0.1, 0.15) is 5.75 Å². The number of hydrogen-bond donors (Lipinski definition) is 3. The van der Waals surface area contributed by atoms with Gasteiger partial charge >= 0.3 is 5.97 Å². The first kappa shape index (κ1) is 12.6. The molecule has 0 saturated carbocycles. The van der Waals surface area contributed by atoms with Crippen LogP contribution in [0.3, 0.4) is 0 Å². The molecule has 1 aliphatic rings. The summed E-state index contributed by atoms with van der Waals surface area (Å²) in [4.78, 5) is 10.9. The number of phenols is 1. The highest BCUT2D eigenvalue weighted by Gasteiger charge is 2.32. The van der Waals surface area contributed by atoms with Gasteiger partial charge in [-0.1, -0.05) is 0 Å². The first-order chi connectivity index (χ1) is 8.52. The van der Waals surface area contributed by atoms with Gasteiger partial charge in [0.15, 0.2) is 11.6 Å². The molecule has 6 heteroatoms. The van der Waals surface area contributed by atoms with E-state index in [1.807, 2.05) is 0 Å². The molecule has 0 aromatic heterocycles. The van der Waals surface area contributed by atoms with Gasteiger partial charge in [-0.3, -0.25) is 4.79 Å². The van der Waals surface area contributed by atoms with E-state index in [0.29, 0.717) is 24.3 Å². The average Bonchev–Trinajstić information content (AvgIpc) is 2.81. The number of benzene rings is 1. The van der Waals surface area contributed by atoms with Crippen LogP contribution in [0.1, 0.15) is 18.0 Å². The number of aromatic hydroxyl groups is 1. The monoisotopic (exact) mass is 255 g/mol. The Balaban J connectivity index is 2.29. The zero-order chi connectivity index (χ0) is 13.3. The van der Waals surface area contributed by atoms with Gasteiger partial charge in [-0.25, -0.2) is 4.39 Å². The third-order valence-corrected chi connectivity index (χ3v) is 3.15. The molecule has 3 N–H and O–H groups in total. The van der Waals surface area contributed by atoms with Crippen LogP contribution in [0.15, 0.2) is 12.1 Å². The lowest BCUT2D eigenvalue weighted by Gasteiger charge is -2.15. The molecule has 2 atom stereocenters. The van der Waals surface area contributed by atoms with Crippen molar-refractivity contribution in [2.24, 2.45) is 5.92 Å². The Kier molecular flexibility index (Phi) is 3.38. The number of ether oxygens (including phenoxy) is 1. The molecule has 1 aromatic rings. The summed E-state index contributed by atoms with van der Waals surface area (Å²) in [5, 5.41) is 21.3. The molecule has 0 amide bonds. The molecule has 1 aromatic carbocycles. The summed E-state index contributed by atoms with van der Waals surface area (Å²) in [5.74, 6) is -2.27. The molecule has 2 rings (SSSR count). The molecule has 0 aliphatic carbocycles. The summed E-state index contributed by atoms with van der Waals surface area (Å²) in [6.45, 7) is 0.349. The number of nitrogens with one attached hydrogen (secondary N) is 1. The molecular weight excluding hydrogens is 241 g/mol. The first-order valence-electron chi connectivity index (χ1n) is 5.55. The predicted molar refractivity (Wildman–Crippen MR) is 61.1 cm³/mol. The van der Waals surface area contributed by atoms with E-state index >= 15 is 0 Å². The number of methoxy groups -OCH3 is 1. The maximum Gasteiger partial charge on any atom is 0.307 e. The van der Waals surface area contributed by atoms with Crippen molar-refractivity contribution in [2.45, 2.75) is 12.5 Å². The van der Waals surface area contributed by atoms with Crippen molar-refractivity contribution in [3.63, 3.8) is 0 Å². The van der Waals surface area contributed by atoms with Crippen LogP contribution in [0.25, 0.3) is 0 Å². The molecule has 0 bridgehead atoms. The van der Waals surface area contributed by atoms with Gasteiger partial charge in [0.05, 0.1) is 13.0 Å². The maximum atomic E-state index is 13.2. The number of carboxylic acid groups (broad SMARTS) is 1. The summed E-state index contributed by atoms with van der Waals surface area (Å²) in [6.07, 6.45) is 0.386. The number of carboxylic acids is 1.